The van der Waals surface area contributed by atoms with Gasteiger partial charge in [0.15, 0.2) is 0 Å². The molecule has 5 heteroatoms. The SMILES string of the molecule is Cn1cc(-c2cc(C(=O)O)on2)c2ccccc21. The topological polar surface area (TPSA) is 68.3 Å². The summed E-state index contributed by atoms with van der Waals surface area (Å²) >= 11 is 0. The van der Waals surface area contributed by atoms with E-state index in [1.807, 2.05) is 42.1 Å². The largest absolute Gasteiger partial charge is 0.475 e. The Balaban J connectivity index is 2.22. The molecule has 0 spiro atoms. The highest BCUT2D eigenvalue weighted by molar-refractivity contribution is 5.96. The maximum Gasteiger partial charge on any atom is 0.374 e. The molecule has 0 saturated carbocycles. The number of rotatable bonds is 2. The monoisotopic (exact) mass is 242 g/mol. The summed E-state index contributed by atoms with van der Waals surface area (Å²) in [5.74, 6) is -1.27. The molecule has 3 aromatic rings. The molecule has 0 bridgehead atoms. The van der Waals surface area contributed by atoms with E-state index < -0.39 is 5.97 Å². The van der Waals surface area contributed by atoms with Crippen molar-refractivity contribution in [3.63, 3.8) is 0 Å². The van der Waals surface area contributed by atoms with Gasteiger partial charge in [0.1, 0.15) is 5.69 Å². The molecule has 90 valence electrons. The number of carbonyl (C=O) groups is 1. The van der Waals surface area contributed by atoms with Crippen LogP contribution in [0.25, 0.3) is 22.2 Å². The Bertz CT molecular complexity index is 740. The summed E-state index contributed by atoms with van der Waals surface area (Å²) in [7, 11) is 1.93. The van der Waals surface area contributed by atoms with Crippen molar-refractivity contribution in [1.82, 2.24) is 9.72 Å². The number of aryl methyl sites for hydroxylation is 1. The van der Waals surface area contributed by atoms with E-state index in [0.717, 1.165) is 16.5 Å². The van der Waals surface area contributed by atoms with Crippen LogP contribution in [0.2, 0.25) is 0 Å². The first-order valence-corrected chi connectivity index (χ1v) is 5.41. The molecule has 0 aliphatic heterocycles. The smallest absolute Gasteiger partial charge is 0.374 e. The quantitative estimate of drug-likeness (QED) is 0.749. The zero-order valence-corrected chi connectivity index (χ0v) is 9.62. The Morgan fingerprint density at radius 1 is 1.39 bits per heavy atom. The fourth-order valence-corrected chi connectivity index (χ4v) is 2.05. The lowest BCUT2D eigenvalue weighted by Gasteiger charge is -1.93. The molecule has 0 unspecified atom stereocenters. The summed E-state index contributed by atoms with van der Waals surface area (Å²) in [6, 6.07) is 9.29. The molecule has 2 aromatic heterocycles. The lowest BCUT2D eigenvalue weighted by Crippen LogP contribution is -1.91. The third-order valence-electron chi connectivity index (χ3n) is 2.89. The number of carboxylic acids is 1. The van der Waals surface area contributed by atoms with Crippen LogP contribution in [0.5, 0.6) is 0 Å². The molecule has 0 aliphatic rings. The van der Waals surface area contributed by atoms with E-state index in [1.54, 1.807) is 0 Å². The van der Waals surface area contributed by atoms with Crippen LogP contribution in [-0.2, 0) is 7.05 Å². The van der Waals surface area contributed by atoms with E-state index >= 15 is 0 Å². The molecular formula is C13H10N2O3. The minimum Gasteiger partial charge on any atom is -0.475 e. The molecule has 3 rings (SSSR count). The fourth-order valence-electron chi connectivity index (χ4n) is 2.05. The summed E-state index contributed by atoms with van der Waals surface area (Å²) in [5.41, 5.74) is 2.46. The Hall–Kier alpha value is -2.56. The van der Waals surface area contributed by atoms with E-state index in [1.165, 1.54) is 6.07 Å². The number of fused-ring (bicyclic) bond motifs is 1. The number of para-hydroxylation sites is 1. The molecule has 0 fully saturated rings. The average Bonchev–Trinajstić information content (AvgIpc) is 2.95. The van der Waals surface area contributed by atoms with Crippen LogP contribution in [0.15, 0.2) is 41.1 Å². The normalized spacial score (nSPS) is 10.9. The second-order valence-corrected chi connectivity index (χ2v) is 4.05. The first-order valence-electron chi connectivity index (χ1n) is 5.41. The second kappa shape index (κ2) is 3.73. The molecule has 0 saturated heterocycles. The number of nitrogens with zero attached hydrogens (tertiary/aromatic N) is 2. The Kier molecular flexibility index (Phi) is 2.19. The highest BCUT2D eigenvalue weighted by atomic mass is 16.5. The van der Waals surface area contributed by atoms with Crippen LogP contribution in [0.4, 0.5) is 0 Å². The van der Waals surface area contributed by atoms with E-state index in [0.29, 0.717) is 5.69 Å². The predicted molar refractivity (Wildman–Crippen MR) is 65.4 cm³/mol. The number of aromatic nitrogens is 2. The summed E-state index contributed by atoms with van der Waals surface area (Å²) in [6.45, 7) is 0. The van der Waals surface area contributed by atoms with Gasteiger partial charge < -0.3 is 14.2 Å². The van der Waals surface area contributed by atoms with Crippen molar-refractivity contribution in [3.05, 3.63) is 42.3 Å². The summed E-state index contributed by atoms with van der Waals surface area (Å²) < 4.78 is 6.75. The second-order valence-electron chi connectivity index (χ2n) is 4.05. The minimum atomic E-state index is -1.12. The van der Waals surface area contributed by atoms with Crippen molar-refractivity contribution in [2.45, 2.75) is 0 Å². The number of hydrogen-bond acceptors (Lipinski definition) is 3. The number of carboxylic acid groups (broad SMARTS) is 1. The third-order valence-corrected chi connectivity index (χ3v) is 2.89. The van der Waals surface area contributed by atoms with Gasteiger partial charge in [-0.3, -0.25) is 0 Å². The van der Waals surface area contributed by atoms with Gasteiger partial charge in [0.25, 0.3) is 0 Å². The van der Waals surface area contributed by atoms with Gasteiger partial charge in [0, 0.05) is 35.8 Å². The van der Waals surface area contributed by atoms with Crippen LogP contribution in [0, 0.1) is 0 Å². The average molecular weight is 242 g/mol. The number of aromatic carboxylic acids is 1. The van der Waals surface area contributed by atoms with Crippen LogP contribution < -0.4 is 0 Å². The molecule has 2 heterocycles. The van der Waals surface area contributed by atoms with Gasteiger partial charge in [-0.25, -0.2) is 4.79 Å². The standard InChI is InChI=1S/C13H10N2O3/c1-15-7-9(8-4-2-3-5-11(8)15)10-6-12(13(16)17)18-14-10/h2-7H,1H3,(H,16,17). The van der Waals surface area contributed by atoms with Gasteiger partial charge in [-0.15, -0.1) is 0 Å². The van der Waals surface area contributed by atoms with Crippen molar-refractivity contribution < 1.29 is 14.4 Å². The summed E-state index contributed by atoms with van der Waals surface area (Å²) in [4.78, 5) is 10.8. The van der Waals surface area contributed by atoms with Crippen molar-refractivity contribution in [2.75, 3.05) is 0 Å². The molecule has 5 nitrogen and oxygen atoms in total. The summed E-state index contributed by atoms with van der Waals surface area (Å²) in [5, 5.41) is 13.6. The lowest BCUT2D eigenvalue weighted by molar-refractivity contribution is 0.0652. The molecule has 0 atom stereocenters. The van der Waals surface area contributed by atoms with Crippen LogP contribution >= 0.6 is 0 Å². The van der Waals surface area contributed by atoms with Crippen molar-refractivity contribution in [3.8, 4) is 11.3 Å². The van der Waals surface area contributed by atoms with Crippen LogP contribution in [0.3, 0.4) is 0 Å². The number of hydrogen-bond donors (Lipinski definition) is 1. The van der Waals surface area contributed by atoms with E-state index in [-0.39, 0.29) is 5.76 Å². The van der Waals surface area contributed by atoms with E-state index in [9.17, 15) is 4.79 Å². The number of benzene rings is 1. The lowest BCUT2D eigenvalue weighted by atomic mass is 10.1. The van der Waals surface area contributed by atoms with Crippen molar-refractivity contribution in [2.24, 2.45) is 7.05 Å². The highest BCUT2D eigenvalue weighted by Gasteiger charge is 2.15. The van der Waals surface area contributed by atoms with Gasteiger partial charge in [0.05, 0.1) is 0 Å². The van der Waals surface area contributed by atoms with Crippen molar-refractivity contribution in [1.29, 1.82) is 0 Å². The molecule has 0 radical (unpaired) electrons. The van der Waals surface area contributed by atoms with Crippen LogP contribution in [-0.4, -0.2) is 20.8 Å². The molecular weight excluding hydrogens is 232 g/mol. The Morgan fingerprint density at radius 3 is 2.89 bits per heavy atom. The highest BCUT2D eigenvalue weighted by Crippen LogP contribution is 2.29. The third kappa shape index (κ3) is 1.48. The molecule has 1 aromatic carbocycles. The van der Waals surface area contributed by atoms with E-state index in [4.69, 9.17) is 9.63 Å². The fraction of sp³-hybridized carbons (Fsp3) is 0.0769. The summed E-state index contributed by atoms with van der Waals surface area (Å²) in [6.07, 6.45) is 1.91. The van der Waals surface area contributed by atoms with Gasteiger partial charge in [0.2, 0.25) is 5.76 Å². The minimum absolute atomic E-state index is 0.155. The molecule has 0 aliphatic carbocycles. The predicted octanol–water partition coefficient (Wildman–Crippen LogP) is 2.53. The Morgan fingerprint density at radius 2 is 2.17 bits per heavy atom. The van der Waals surface area contributed by atoms with Gasteiger partial charge in [-0.2, -0.15) is 0 Å². The maximum atomic E-state index is 10.8. The van der Waals surface area contributed by atoms with Gasteiger partial charge >= 0.3 is 5.97 Å². The maximum absolute atomic E-state index is 10.8. The van der Waals surface area contributed by atoms with Gasteiger partial charge in [-0.05, 0) is 6.07 Å². The zero-order valence-electron chi connectivity index (χ0n) is 9.62. The first-order chi connectivity index (χ1) is 8.66. The molecule has 0 amide bonds. The van der Waals surface area contributed by atoms with Crippen molar-refractivity contribution >= 4 is 16.9 Å². The van der Waals surface area contributed by atoms with Gasteiger partial charge in [-0.1, -0.05) is 23.4 Å². The molecule has 1 N–H and O–H groups in total. The van der Waals surface area contributed by atoms with E-state index in [2.05, 4.69) is 5.16 Å². The first kappa shape index (κ1) is 10.6. The Labute approximate surface area is 102 Å². The zero-order chi connectivity index (χ0) is 12.7. The van der Waals surface area contributed by atoms with Crippen LogP contribution in [0.1, 0.15) is 10.6 Å². The molecule has 18 heavy (non-hydrogen) atoms.